The van der Waals surface area contributed by atoms with Crippen LogP contribution in [0.1, 0.15) is 66.0 Å². The first-order chi connectivity index (χ1) is 15.4. The summed E-state index contributed by atoms with van der Waals surface area (Å²) in [7, 11) is 1.85. The molecule has 0 bridgehead atoms. The van der Waals surface area contributed by atoms with E-state index < -0.39 is 0 Å². The number of hydrogen-bond donors (Lipinski definition) is 1. The summed E-state index contributed by atoms with van der Waals surface area (Å²) in [5.41, 5.74) is 5.48. The van der Waals surface area contributed by atoms with Crippen molar-refractivity contribution in [3.05, 3.63) is 52.0 Å². The van der Waals surface area contributed by atoms with Crippen LogP contribution in [-0.2, 0) is 29.0 Å². The van der Waals surface area contributed by atoms with Gasteiger partial charge in [-0.2, -0.15) is 0 Å². The van der Waals surface area contributed by atoms with Crippen molar-refractivity contribution < 1.29 is 9.59 Å². The normalized spacial score (nSPS) is 18.3. The number of carbonyl (C=O) groups excluding carboxylic acids is 2. The number of aromatic nitrogens is 2. The highest BCUT2D eigenvalue weighted by Crippen LogP contribution is 2.33. The van der Waals surface area contributed by atoms with Crippen molar-refractivity contribution in [3.63, 3.8) is 0 Å². The van der Waals surface area contributed by atoms with Crippen LogP contribution in [0, 0.1) is 13.8 Å². The number of aryl methyl sites for hydroxylation is 2. The smallest absolute Gasteiger partial charge is 0.227 e. The molecule has 2 amide bonds. The largest absolute Gasteiger partial charge is 0.373 e. The Morgan fingerprint density at radius 1 is 1.12 bits per heavy atom. The summed E-state index contributed by atoms with van der Waals surface area (Å²) in [6.07, 6.45) is 4.05. The molecule has 32 heavy (non-hydrogen) atoms. The zero-order valence-electron chi connectivity index (χ0n) is 19.6. The van der Waals surface area contributed by atoms with Crippen molar-refractivity contribution in [2.75, 3.05) is 25.5 Å². The first-order valence-electron chi connectivity index (χ1n) is 11.6. The number of amides is 2. The fourth-order valence-electron chi connectivity index (χ4n) is 4.75. The first kappa shape index (κ1) is 22.2. The van der Waals surface area contributed by atoms with Crippen molar-refractivity contribution in [3.8, 4) is 0 Å². The van der Waals surface area contributed by atoms with E-state index in [2.05, 4.69) is 37.4 Å². The maximum atomic E-state index is 13.3. The van der Waals surface area contributed by atoms with E-state index in [-0.39, 0.29) is 17.9 Å². The highest BCUT2D eigenvalue weighted by Gasteiger charge is 2.32. The molecule has 3 heterocycles. The van der Waals surface area contributed by atoms with E-state index in [9.17, 15) is 9.59 Å². The minimum Gasteiger partial charge on any atom is -0.373 e. The van der Waals surface area contributed by atoms with Gasteiger partial charge in [0.1, 0.15) is 5.82 Å². The standard InChI is InChI=1S/C25H33N5O2/c1-16-8-9-19(13-17(16)2)14-23(32)30-11-6-5-7-22(30)25-27-21-10-12-29(18(3)31)15-20(21)24(26-4)28-25/h8-9,13,22H,5-7,10-12,14-15H2,1-4H3,(H,26,27,28)/t22-/m0/s1. The number of anilines is 1. The van der Waals surface area contributed by atoms with Gasteiger partial charge in [0.25, 0.3) is 0 Å². The van der Waals surface area contributed by atoms with E-state index >= 15 is 0 Å². The molecule has 0 aliphatic carbocycles. The predicted octanol–water partition coefficient (Wildman–Crippen LogP) is 3.34. The van der Waals surface area contributed by atoms with Gasteiger partial charge in [-0.05, 0) is 49.8 Å². The van der Waals surface area contributed by atoms with Gasteiger partial charge >= 0.3 is 0 Å². The van der Waals surface area contributed by atoms with Crippen molar-refractivity contribution >= 4 is 17.6 Å². The minimum absolute atomic E-state index is 0.0668. The molecule has 2 aliphatic rings. The average Bonchev–Trinajstić information content (AvgIpc) is 2.80. The van der Waals surface area contributed by atoms with Crippen LogP contribution in [0.2, 0.25) is 0 Å². The molecule has 0 radical (unpaired) electrons. The maximum Gasteiger partial charge on any atom is 0.227 e. The van der Waals surface area contributed by atoms with Crippen LogP contribution in [0.3, 0.4) is 0 Å². The van der Waals surface area contributed by atoms with Crippen LogP contribution >= 0.6 is 0 Å². The van der Waals surface area contributed by atoms with Gasteiger partial charge in [-0.3, -0.25) is 9.59 Å². The summed E-state index contributed by atoms with van der Waals surface area (Å²) < 4.78 is 0. The molecular weight excluding hydrogens is 402 g/mol. The monoisotopic (exact) mass is 435 g/mol. The number of nitrogens with one attached hydrogen (secondary N) is 1. The van der Waals surface area contributed by atoms with Crippen molar-refractivity contribution in [1.82, 2.24) is 19.8 Å². The molecule has 0 unspecified atom stereocenters. The second-order valence-corrected chi connectivity index (χ2v) is 8.99. The number of nitrogens with zero attached hydrogens (tertiary/aromatic N) is 4. The highest BCUT2D eigenvalue weighted by molar-refractivity contribution is 5.79. The summed E-state index contributed by atoms with van der Waals surface area (Å²) in [4.78, 5) is 38.7. The second-order valence-electron chi connectivity index (χ2n) is 8.99. The molecule has 1 fully saturated rings. The third-order valence-electron chi connectivity index (χ3n) is 6.81. The number of hydrogen-bond acceptors (Lipinski definition) is 5. The zero-order valence-corrected chi connectivity index (χ0v) is 19.6. The molecule has 2 aliphatic heterocycles. The summed E-state index contributed by atoms with van der Waals surface area (Å²) in [5, 5.41) is 3.20. The van der Waals surface area contributed by atoms with Crippen molar-refractivity contribution in [1.29, 1.82) is 0 Å². The van der Waals surface area contributed by atoms with Crippen molar-refractivity contribution in [2.24, 2.45) is 0 Å². The lowest BCUT2D eigenvalue weighted by Gasteiger charge is -2.36. The van der Waals surface area contributed by atoms with Crippen LogP contribution < -0.4 is 5.32 Å². The Hall–Kier alpha value is -2.96. The zero-order chi connectivity index (χ0) is 22.8. The van der Waals surface area contributed by atoms with Crippen LogP contribution in [0.15, 0.2) is 18.2 Å². The lowest BCUT2D eigenvalue weighted by molar-refractivity contribution is -0.134. The number of piperidine rings is 1. The van der Waals surface area contributed by atoms with E-state index in [4.69, 9.17) is 9.97 Å². The molecule has 4 rings (SSSR count). The second kappa shape index (κ2) is 9.27. The van der Waals surface area contributed by atoms with Crippen molar-refractivity contribution in [2.45, 2.75) is 65.5 Å². The average molecular weight is 436 g/mol. The Morgan fingerprint density at radius 3 is 2.66 bits per heavy atom. The van der Waals surface area contributed by atoms with Gasteiger partial charge in [0.05, 0.1) is 24.7 Å². The van der Waals surface area contributed by atoms with Gasteiger partial charge < -0.3 is 15.1 Å². The van der Waals surface area contributed by atoms with Gasteiger partial charge in [-0.25, -0.2) is 9.97 Å². The van der Waals surface area contributed by atoms with Gasteiger partial charge in [-0.15, -0.1) is 0 Å². The summed E-state index contributed by atoms with van der Waals surface area (Å²) in [6, 6.07) is 6.14. The molecule has 0 spiro atoms. The van der Waals surface area contributed by atoms with E-state index in [0.717, 1.165) is 54.3 Å². The Balaban J connectivity index is 1.60. The number of likely N-dealkylation sites (tertiary alicyclic amines) is 1. The Kier molecular flexibility index (Phi) is 6.44. The number of benzene rings is 1. The Morgan fingerprint density at radius 2 is 1.94 bits per heavy atom. The maximum absolute atomic E-state index is 13.3. The molecule has 7 heteroatoms. The van der Waals surface area contributed by atoms with E-state index in [1.165, 1.54) is 11.1 Å². The summed E-state index contributed by atoms with van der Waals surface area (Å²) in [6.45, 7) is 7.70. The molecule has 1 aromatic heterocycles. The molecule has 1 N–H and O–H groups in total. The predicted molar refractivity (Wildman–Crippen MR) is 124 cm³/mol. The molecule has 1 atom stereocenters. The lowest BCUT2D eigenvalue weighted by atomic mass is 9.98. The number of carbonyl (C=O) groups is 2. The number of rotatable bonds is 4. The highest BCUT2D eigenvalue weighted by atomic mass is 16.2. The van der Waals surface area contributed by atoms with Gasteiger partial charge in [0.15, 0.2) is 5.82 Å². The fraction of sp³-hybridized carbons (Fsp3) is 0.520. The Bertz CT molecular complexity index is 1020. The van der Waals surface area contributed by atoms with Crippen LogP contribution in [0.5, 0.6) is 0 Å². The molecule has 2 aromatic rings. The van der Waals surface area contributed by atoms with E-state index in [1.54, 1.807) is 6.92 Å². The molecule has 1 aromatic carbocycles. The third-order valence-corrected chi connectivity index (χ3v) is 6.81. The SMILES string of the molecule is CNc1nc([C@@H]2CCCCN2C(=O)Cc2ccc(C)c(C)c2)nc2c1CN(C(C)=O)CC2. The lowest BCUT2D eigenvalue weighted by Crippen LogP contribution is -2.41. The molecule has 1 saturated heterocycles. The van der Waals surface area contributed by atoms with Gasteiger partial charge in [-0.1, -0.05) is 18.2 Å². The first-order valence-corrected chi connectivity index (χ1v) is 11.6. The third kappa shape index (κ3) is 4.47. The van der Waals surface area contributed by atoms with Crippen LogP contribution in [0.4, 0.5) is 5.82 Å². The van der Waals surface area contributed by atoms with Crippen LogP contribution in [0.25, 0.3) is 0 Å². The van der Waals surface area contributed by atoms with Crippen LogP contribution in [-0.4, -0.2) is 51.7 Å². The van der Waals surface area contributed by atoms with E-state index in [0.29, 0.717) is 25.9 Å². The minimum atomic E-state index is -0.106. The quantitative estimate of drug-likeness (QED) is 0.797. The molecule has 7 nitrogen and oxygen atoms in total. The summed E-state index contributed by atoms with van der Waals surface area (Å²) in [5.74, 6) is 1.69. The van der Waals surface area contributed by atoms with Gasteiger partial charge in [0, 0.05) is 39.0 Å². The topological polar surface area (TPSA) is 78.4 Å². The number of fused-ring (bicyclic) bond motifs is 1. The summed E-state index contributed by atoms with van der Waals surface area (Å²) >= 11 is 0. The van der Waals surface area contributed by atoms with Gasteiger partial charge in [0.2, 0.25) is 11.8 Å². The Labute approximate surface area is 190 Å². The molecule has 0 saturated carbocycles. The van der Waals surface area contributed by atoms with E-state index in [1.807, 2.05) is 16.8 Å². The molecule has 170 valence electrons. The fourth-order valence-corrected chi connectivity index (χ4v) is 4.75. The molecular formula is C25H33N5O2.